The molecule has 21 heavy (non-hydrogen) atoms. The van der Waals surface area contributed by atoms with E-state index in [2.05, 4.69) is 32.7 Å². The maximum Gasteiger partial charge on any atom is 0.310 e. The van der Waals surface area contributed by atoms with E-state index in [4.69, 9.17) is 0 Å². The normalized spacial score (nSPS) is 34.0. The highest BCUT2D eigenvalue weighted by atomic mass is 16.4. The summed E-state index contributed by atoms with van der Waals surface area (Å²) in [5, 5.41) is 9.81. The van der Waals surface area contributed by atoms with Crippen molar-refractivity contribution in [2.24, 2.45) is 16.7 Å². The van der Waals surface area contributed by atoms with Crippen LogP contribution in [0.4, 0.5) is 0 Å². The maximum atomic E-state index is 11.9. The summed E-state index contributed by atoms with van der Waals surface area (Å²) < 4.78 is 0. The van der Waals surface area contributed by atoms with Crippen LogP contribution in [0, 0.1) is 16.7 Å². The number of carboxylic acid groups (broad SMARTS) is 1. The summed E-state index contributed by atoms with van der Waals surface area (Å²) in [6.07, 6.45) is 8.93. The number of hydrogen-bond donors (Lipinski definition) is 1. The van der Waals surface area contributed by atoms with Crippen molar-refractivity contribution in [2.75, 3.05) is 13.6 Å². The molecule has 0 aromatic carbocycles. The van der Waals surface area contributed by atoms with Crippen LogP contribution < -0.4 is 0 Å². The van der Waals surface area contributed by atoms with Gasteiger partial charge in [-0.1, -0.05) is 33.6 Å². The monoisotopic (exact) mass is 295 g/mol. The van der Waals surface area contributed by atoms with Gasteiger partial charge >= 0.3 is 5.97 Å². The summed E-state index contributed by atoms with van der Waals surface area (Å²) in [6.45, 7) is 7.65. The highest BCUT2D eigenvalue weighted by Crippen LogP contribution is 2.42. The van der Waals surface area contributed by atoms with Gasteiger partial charge in [0.2, 0.25) is 0 Å². The van der Waals surface area contributed by atoms with Gasteiger partial charge in [-0.15, -0.1) is 0 Å². The average Bonchev–Trinajstić information content (AvgIpc) is 2.38. The number of carboxylic acids is 1. The summed E-state index contributed by atoms with van der Waals surface area (Å²) in [7, 11) is 2.15. The van der Waals surface area contributed by atoms with Crippen LogP contribution in [0.3, 0.4) is 0 Å². The third kappa shape index (κ3) is 4.00. The zero-order valence-electron chi connectivity index (χ0n) is 14.3. The van der Waals surface area contributed by atoms with Crippen LogP contribution in [0.15, 0.2) is 0 Å². The van der Waals surface area contributed by atoms with Crippen LogP contribution >= 0.6 is 0 Å². The van der Waals surface area contributed by atoms with E-state index in [-0.39, 0.29) is 0 Å². The van der Waals surface area contributed by atoms with Gasteiger partial charge in [0, 0.05) is 12.6 Å². The van der Waals surface area contributed by atoms with Gasteiger partial charge < -0.3 is 10.0 Å². The zero-order valence-corrected chi connectivity index (χ0v) is 14.3. The average molecular weight is 295 g/mol. The molecule has 122 valence electrons. The Kier molecular flexibility index (Phi) is 5.02. The molecule has 0 heterocycles. The van der Waals surface area contributed by atoms with Crippen LogP contribution in [0.2, 0.25) is 0 Å². The summed E-state index contributed by atoms with van der Waals surface area (Å²) in [5.41, 5.74) is -0.0272. The molecule has 1 N–H and O–H groups in total. The predicted octanol–water partition coefficient (Wildman–Crippen LogP) is 4.17. The van der Waals surface area contributed by atoms with Crippen LogP contribution in [-0.2, 0) is 4.79 Å². The minimum Gasteiger partial charge on any atom is -0.481 e. The molecule has 0 aromatic rings. The van der Waals surface area contributed by atoms with E-state index in [1.54, 1.807) is 0 Å². The molecule has 0 spiro atoms. The van der Waals surface area contributed by atoms with Crippen LogP contribution in [0.5, 0.6) is 0 Å². The molecule has 0 amide bonds. The predicted molar refractivity (Wildman–Crippen MR) is 86.4 cm³/mol. The second kappa shape index (κ2) is 6.28. The highest BCUT2D eigenvalue weighted by molar-refractivity contribution is 5.75. The smallest absolute Gasteiger partial charge is 0.310 e. The van der Waals surface area contributed by atoms with Gasteiger partial charge in [-0.2, -0.15) is 0 Å². The van der Waals surface area contributed by atoms with E-state index in [0.717, 1.165) is 25.8 Å². The summed E-state index contributed by atoms with van der Waals surface area (Å²) in [4.78, 5) is 14.3. The topological polar surface area (TPSA) is 40.5 Å². The van der Waals surface area contributed by atoms with Gasteiger partial charge in [0.05, 0.1) is 5.41 Å². The lowest BCUT2D eigenvalue weighted by Gasteiger charge is -2.44. The first-order valence-corrected chi connectivity index (χ1v) is 8.68. The molecular weight excluding hydrogens is 262 g/mol. The van der Waals surface area contributed by atoms with Crippen molar-refractivity contribution in [1.82, 2.24) is 4.90 Å². The Bertz CT molecular complexity index is 369. The Morgan fingerprint density at radius 2 is 1.81 bits per heavy atom. The molecule has 2 rings (SSSR count). The van der Waals surface area contributed by atoms with Gasteiger partial charge in [0.15, 0.2) is 0 Å². The molecule has 0 bridgehead atoms. The molecule has 0 radical (unpaired) electrons. The number of aliphatic carboxylic acids is 1. The number of carbonyl (C=O) groups is 1. The van der Waals surface area contributed by atoms with Crippen molar-refractivity contribution >= 4 is 5.97 Å². The molecule has 3 nitrogen and oxygen atoms in total. The first kappa shape index (κ1) is 16.8. The molecule has 2 unspecified atom stereocenters. The number of hydrogen-bond acceptors (Lipinski definition) is 2. The van der Waals surface area contributed by atoms with Gasteiger partial charge in [-0.25, -0.2) is 0 Å². The fraction of sp³-hybridized carbons (Fsp3) is 0.944. The Hall–Kier alpha value is -0.570. The van der Waals surface area contributed by atoms with Gasteiger partial charge in [0.1, 0.15) is 0 Å². The molecule has 2 fully saturated rings. The number of rotatable bonds is 4. The third-order valence-corrected chi connectivity index (χ3v) is 6.03. The second-order valence-corrected chi connectivity index (χ2v) is 8.60. The van der Waals surface area contributed by atoms with Gasteiger partial charge in [0.25, 0.3) is 0 Å². The van der Waals surface area contributed by atoms with E-state index in [9.17, 15) is 9.90 Å². The summed E-state index contributed by atoms with van der Waals surface area (Å²) >= 11 is 0. The molecule has 0 aromatic heterocycles. The van der Waals surface area contributed by atoms with E-state index < -0.39 is 11.4 Å². The first-order valence-electron chi connectivity index (χ1n) is 8.68. The van der Waals surface area contributed by atoms with Crippen molar-refractivity contribution in [1.29, 1.82) is 0 Å². The molecule has 2 atom stereocenters. The summed E-state index contributed by atoms with van der Waals surface area (Å²) in [5.74, 6) is -0.0226. The van der Waals surface area contributed by atoms with Gasteiger partial charge in [-0.05, 0) is 56.9 Å². The number of nitrogens with zero attached hydrogens (tertiary/aromatic N) is 1. The van der Waals surface area contributed by atoms with Crippen LogP contribution in [0.25, 0.3) is 0 Å². The van der Waals surface area contributed by atoms with E-state index in [1.165, 1.54) is 32.1 Å². The quantitative estimate of drug-likeness (QED) is 0.846. The maximum absolute atomic E-state index is 11.9. The van der Waals surface area contributed by atoms with Crippen molar-refractivity contribution < 1.29 is 9.90 Å². The Morgan fingerprint density at radius 3 is 2.33 bits per heavy atom. The molecular formula is C18H33NO2. The van der Waals surface area contributed by atoms with Crippen molar-refractivity contribution in [3.8, 4) is 0 Å². The molecule has 0 saturated heterocycles. The van der Waals surface area contributed by atoms with Crippen LogP contribution in [0.1, 0.15) is 72.1 Å². The largest absolute Gasteiger partial charge is 0.481 e. The second-order valence-electron chi connectivity index (χ2n) is 8.60. The minimum atomic E-state index is -0.572. The molecule has 3 heteroatoms. The molecule has 2 aliphatic carbocycles. The van der Waals surface area contributed by atoms with Gasteiger partial charge in [-0.3, -0.25) is 4.79 Å². The Labute approximate surface area is 130 Å². The lowest BCUT2D eigenvalue weighted by atomic mass is 9.69. The minimum absolute atomic E-state index is 0.473. The molecule has 0 aliphatic heterocycles. The molecule has 2 saturated carbocycles. The van der Waals surface area contributed by atoms with Crippen LogP contribution in [-0.4, -0.2) is 35.6 Å². The van der Waals surface area contributed by atoms with Crippen molar-refractivity contribution in [3.05, 3.63) is 0 Å². The lowest BCUT2D eigenvalue weighted by molar-refractivity contribution is -0.154. The van der Waals surface area contributed by atoms with E-state index in [1.807, 2.05) is 0 Å². The fourth-order valence-corrected chi connectivity index (χ4v) is 4.50. The Balaban J connectivity index is 1.99. The fourth-order valence-electron chi connectivity index (χ4n) is 4.50. The lowest BCUT2D eigenvalue weighted by Crippen LogP contribution is -2.48. The Morgan fingerprint density at radius 1 is 1.19 bits per heavy atom. The summed E-state index contributed by atoms with van der Waals surface area (Å²) in [6, 6.07) is 0.575. The van der Waals surface area contributed by atoms with E-state index >= 15 is 0 Å². The zero-order chi connectivity index (χ0) is 15.7. The third-order valence-electron chi connectivity index (χ3n) is 6.03. The van der Waals surface area contributed by atoms with Crippen molar-refractivity contribution in [3.63, 3.8) is 0 Å². The highest BCUT2D eigenvalue weighted by Gasteiger charge is 2.43. The standard InChI is InChI=1S/C18H33NO2/c1-14-6-5-9-18(12-14,16(20)21)13-19(4)15-7-10-17(2,3)11-8-15/h14-15H,5-13H2,1-4H3,(H,20,21). The molecule has 2 aliphatic rings. The SMILES string of the molecule is CC1CCCC(CN(C)C2CCC(C)(C)CC2)(C(=O)O)C1. The van der Waals surface area contributed by atoms with E-state index in [0.29, 0.717) is 17.4 Å². The first-order chi connectivity index (χ1) is 9.74. The van der Waals surface area contributed by atoms with Crippen molar-refractivity contribution in [2.45, 2.75) is 78.2 Å².